The fourth-order valence-electron chi connectivity index (χ4n) is 1.29. The van der Waals surface area contributed by atoms with Crippen molar-refractivity contribution < 1.29 is 32.6 Å². The van der Waals surface area contributed by atoms with Crippen LogP contribution in [0.3, 0.4) is 0 Å². The molecule has 0 heterocycles. The molecule has 112 valence electrons. The fourth-order valence-corrected chi connectivity index (χ4v) is 1.29. The molecule has 0 bridgehead atoms. The SMILES string of the molecule is CCCCCOCC(=O)NC(CC(F)(F)F)C(=O)O. The molecule has 1 atom stereocenters. The van der Waals surface area contributed by atoms with Gasteiger partial charge in [0.05, 0.1) is 6.42 Å². The lowest BCUT2D eigenvalue weighted by molar-refractivity contribution is -0.160. The number of halogens is 3. The smallest absolute Gasteiger partial charge is 0.391 e. The highest BCUT2D eigenvalue weighted by Crippen LogP contribution is 2.21. The summed E-state index contributed by atoms with van der Waals surface area (Å²) in [6, 6.07) is -1.98. The van der Waals surface area contributed by atoms with Crippen LogP contribution in [0.5, 0.6) is 0 Å². The van der Waals surface area contributed by atoms with E-state index in [4.69, 9.17) is 9.84 Å². The van der Waals surface area contributed by atoms with E-state index in [1.165, 1.54) is 0 Å². The Bertz CT molecular complexity index is 294. The normalized spacial score (nSPS) is 13.1. The fraction of sp³-hybridized carbons (Fsp3) is 0.818. The molecule has 0 rings (SSSR count). The van der Waals surface area contributed by atoms with Crippen molar-refractivity contribution in [1.82, 2.24) is 5.32 Å². The second-order valence-corrected chi connectivity index (χ2v) is 4.04. The maximum atomic E-state index is 12.1. The Morgan fingerprint density at radius 3 is 2.42 bits per heavy atom. The maximum absolute atomic E-state index is 12.1. The number of unbranched alkanes of at least 4 members (excludes halogenated alkanes) is 2. The molecular weight excluding hydrogens is 267 g/mol. The minimum absolute atomic E-state index is 0.318. The van der Waals surface area contributed by atoms with Crippen molar-refractivity contribution >= 4 is 11.9 Å². The van der Waals surface area contributed by atoms with Gasteiger partial charge in [0.25, 0.3) is 0 Å². The van der Waals surface area contributed by atoms with Crippen LogP contribution in [-0.2, 0) is 14.3 Å². The first-order valence-corrected chi connectivity index (χ1v) is 5.93. The van der Waals surface area contributed by atoms with Gasteiger partial charge in [-0.1, -0.05) is 19.8 Å². The van der Waals surface area contributed by atoms with Gasteiger partial charge in [-0.05, 0) is 6.42 Å². The standard InChI is InChI=1S/C11H18F3NO4/c1-2-3-4-5-19-7-9(16)15-8(10(17)18)6-11(12,13)14/h8H,2-7H2,1H3,(H,15,16)(H,17,18). The molecule has 0 fully saturated rings. The number of aliphatic carboxylic acids is 1. The second-order valence-electron chi connectivity index (χ2n) is 4.04. The summed E-state index contributed by atoms with van der Waals surface area (Å²) in [6.07, 6.45) is -3.62. The Balaban J connectivity index is 4.01. The number of amides is 1. The molecule has 0 aliphatic heterocycles. The van der Waals surface area contributed by atoms with E-state index >= 15 is 0 Å². The van der Waals surface area contributed by atoms with Crippen LogP contribution >= 0.6 is 0 Å². The summed E-state index contributed by atoms with van der Waals surface area (Å²) < 4.78 is 41.1. The Labute approximate surface area is 109 Å². The number of hydrogen-bond acceptors (Lipinski definition) is 3. The summed E-state index contributed by atoms with van der Waals surface area (Å²) in [5.74, 6) is -2.59. The number of ether oxygens (including phenoxy) is 1. The third kappa shape index (κ3) is 10.3. The summed E-state index contributed by atoms with van der Waals surface area (Å²) in [5, 5.41) is 10.4. The number of carboxylic acid groups (broad SMARTS) is 1. The van der Waals surface area contributed by atoms with E-state index in [0.29, 0.717) is 6.61 Å². The summed E-state index contributed by atoms with van der Waals surface area (Å²) in [4.78, 5) is 21.8. The van der Waals surface area contributed by atoms with Gasteiger partial charge in [0.2, 0.25) is 5.91 Å². The number of carbonyl (C=O) groups is 2. The van der Waals surface area contributed by atoms with Crippen molar-refractivity contribution in [3.63, 3.8) is 0 Å². The highest BCUT2D eigenvalue weighted by Gasteiger charge is 2.36. The van der Waals surface area contributed by atoms with Crippen LogP contribution in [0.25, 0.3) is 0 Å². The molecule has 5 nitrogen and oxygen atoms in total. The van der Waals surface area contributed by atoms with Crippen molar-refractivity contribution in [2.24, 2.45) is 0 Å². The van der Waals surface area contributed by atoms with Crippen LogP contribution < -0.4 is 5.32 Å². The highest BCUT2D eigenvalue weighted by atomic mass is 19.4. The molecule has 0 spiro atoms. The van der Waals surface area contributed by atoms with Gasteiger partial charge in [0.1, 0.15) is 12.6 Å². The lowest BCUT2D eigenvalue weighted by Gasteiger charge is -2.16. The van der Waals surface area contributed by atoms with Crippen molar-refractivity contribution in [3.05, 3.63) is 0 Å². The quantitative estimate of drug-likeness (QED) is 0.632. The van der Waals surface area contributed by atoms with E-state index in [0.717, 1.165) is 19.3 Å². The van der Waals surface area contributed by atoms with Gasteiger partial charge in [-0.15, -0.1) is 0 Å². The number of alkyl halides is 3. The molecule has 1 amide bonds. The van der Waals surface area contributed by atoms with Gasteiger partial charge in [0, 0.05) is 6.61 Å². The predicted octanol–water partition coefficient (Wildman–Crippen LogP) is 1.72. The van der Waals surface area contributed by atoms with Crippen molar-refractivity contribution in [2.75, 3.05) is 13.2 Å². The minimum atomic E-state index is -4.65. The Morgan fingerprint density at radius 1 is 1.32 bits per heavy atom. The van der Waals surface area contributed by atoms with Crippen LogP contribution in [0.15, 0.2) is 0 Å². The molecule has 0 aromatic rings. The summed E-state index contributed by atoms with van der Waals surface area (Å²) in [6.45, 7) is 1.87. The zero-order valence-corrected chi connectivity index (χ0v) is 10.6. The van der Waals surface area contributed by atoms with E-state index in [9.17, 15) is 22.8 Å². The molecule has 0 radical (unpaired) electrons. The largest absolute Gasteiger partial charge is 0.480 e. The first kappa shape index (κ1) is 17.7. The summed E-state index contributed by atoms with van der Waals surface area (Å²) in [7, 11) is 0. The van der Waals surface area contributed by atoms with Gasteiger partial charge < -0.3 is 15.2 Å². The van der Waals surface area contributed by atoms with Crippen LogP contribution in [0.4, 0.5) is 13.2 Å². The lowest BCUT2D eigenvalue weighted by Crippen LogP contribution is -2.45. The molecule has 2 N–H and O–H groups in total. The zero-order valence-electron chi connectivity index (χ0n) is 10.6. The second kappa shape index (κ2) is 8.73. The van der Waals surface area contributed by atoms with Crippen LogP contribution in [0.2, 0.25) is 0 Å². The number of carbonyl (C=O) groups excluding carboxylic acids is 1. The first-order chi connectivity index (χ1) is 8.76. The monoisotopic (exact) mass is 285 g/mol. The molecule has 0 aromatic carbocycles. The van der Waals surface area contributed by atoms with Crippen molar-refractivity contribution in [3.8, 4) is 0 Å². The van der Waals surface area contributed by atoms with E-state index in [1.54, 1.807) is 5.32 Å². The summed E-state index contributed by atoms with van der Waals surface area (Å²) in [5.41, 5.74) is 0. The van der Waals surface area contributed by atoms with E-state index in [2.05, 4.69) is 0 Å². The molecule has 0 saturated carbocycles. The third-order valence-electron chi connectivity index (χ3n) is 2.19. The molecule has 19 heavy (non-hydrogen) atoms. The average Bonchev–Trinajstić information content (AvgIpc) is 2.26. The Kier molecular flexibility index (Phi) is 8.13. The molecule has 0 aliphatic carbocycles. The number of hydrogen-bond donors (Lipinski definition) is 2. The Morgan fingerprint density at radius 2 is 1.95 bits per heavy atom. The van der Waals surface area contributed by atoms with Gasteiger partial charge in [0.15, 0.2) is 0 Å². The topological polar surface area (TPSA) is 75.6 Å². The van der Waals surface area contributed by atoms with Crippen LogP contribution in [0.1, 0.15) is 32.6 Å². The van der Waals surface area contributed by atoms with Crippen LogP contribution in [0, 0.1) is 0 Å². The molecule has 8 heteroatoms. The first-order valence-electron chi connectivity index (χ1n) is 5.93. The highest BCUT2D eigenvalue weighted by molar-refractivity contribution is 5.84. The van der Waals surface area contributed by atoms with Crippen molar-refractivity contribution in [1.29, 1.82) is 0 Å². The number of rotatable bonds is 9. The van der Waals surface area contributed by atoms with Gasteiger partial charge in [-0.25, -0.2) is 4.79 Å². The third-order valence-corrected chi connectivity index (χ3v) is 2.19. The van der Waals surface area contributed by atoms with E-state index < -0.39 is 37.1 Å². The minimum Gasteiger partial charge on any atom is -0.480 e. The molecular formula is C11H18F3NO4. The molecule has 0 aromatic heterocycles. The van der Waals surface area contributed by atoms with Crippen LogP contribution in [-0.4, -0.2) is 42.4 Å². The lowest BCUT2D eigenvalue weighted by atomic mass is 10.2. The zero-order chi connectivity index (χ0) is 14.9. The molecule has 1 unspecified atom stereocenters. The average molecular weight is 285 g/mol. The van der Waals surface area contributed by atoms with E-state index in [1.807, 2.05) is 6.92 Å². The number of carboxylic acids is 1. The maximum Gasteiger partial charge on any atom is 0.391 e. The Hall–Kier alpha value is -1.31. The van der Waals surface area contributed by atoms with Gasteiger partial charge >= 0.3 is 12.1 Å². The predicted molar refractivity (Wildman–Crippen MR) is 60.6 cm³/mol. The number of nitrogens with one attached hydrogen (secondary N) is 1. The van der Waals surface area contributed by atoms with Gasteiger partial charge in [-0.2, -0.15) is 13.2 Å². The summed E-state index contributed by atoms with van der Waals surface area (Å²) >= 11 is 0. The van der Waals surface area contributed by atoms with E-state index in [-0.39, 0.29) is 0 Å². The van der Waals surface area contributed by atoms with Gasteiger partial charge in [-0.3, -0.25) is 4.79 Å². The molecule has 0 saturated heterocycles. The van der Waals surface area contributed by atoms with Crippen molar-refractivity contribution in [2.45, 2.75) is 44.8 Å². The molecule has 0 aliphatic rings.